The van der Waals surface area contributed by atoms with Crippen LogP contribution >= 0.6 is 0 Å². The van der Waals surface area contributed by atoms with Crippen molar-refractivity contribution in [2.45, 2.75) is 26.8 Å². The predicted octanol–water partition coefficient (Wildman–Crippen LogP) is 4.02. The topological polar surface area (TPSA) is 66.9 Å². The zero-order valence-electron chi connectivity index (χ0n) is 15.0. The van der Waals surface area contributed by atoms with Crippen LogP contribution in [0.1, 0.15) is 34.1 Å². The van der Waals surface area contributed by atoms with Crippen molar-refractivity contribution in [1.82, 2.24) is 15.5 Å². The first-order chi connectivity index (χ1) is 12.7. The Morgan fingerprint density at radius 2 is 1.65 bits per heavy atom. The van der Waals surface area contributed by atoms with E-state index in [1.165, 1.54) is 5.56 Å². The highest BCUT2D eigenvalue weighted by Gasteiger charge is 2.09. The van der Waals surface area contributed by atoms with Crippen molar-refractivity contribution in [2.75, 3.05) is 5.32 Å². The van der Waals surface area contributed by atoms with Gasteiger partial charge >= 0.3 is 0 Å². The number of benzene rings is 2. The fraction of sp³-hybridized carbons (Fsp3) is 0.190. The van der Waals surface area contributed by atoms with Gasteiger partial charge in [0.15, 0.2) is 11.5 Å². The van der Waals surface area contributed by atoms with E-state index in [4.69, 9.17) is 0 Å². The van der Waals surface area contributed by atoms with Gasteiger partial charge in [0.2, 0.25) is 0 Å². The molecule has 1 amide bonds. The number of aromatic nitrogens is 2. The first-order valence-corrected chi connectivity index (χ1v) is 8.68. The highest BCUT2D eigenvalue weighted by Crippen LogP contribution is 2.19. The van der Waals surface area contributed by atoms with Crippen LogP contribution in [0.2, 0.25) is 0 Å². The maximum Gasteiger partial charge on any atom is 0.272 e. The summed E-state index contributed by atoms with van der Waals surface area (Å²) in [6.07, 6.45) is 0.927. The summed E-state index contributed by atoms with van der Waals surface area (Å²) >= 11 is 0. The quantitative estimate of drug-likeness (QED) is 0.707. The molecule has 0 aliphatic heterocycles. The average molecular weight is 346 g/mol. The number of nitrogens with one attached hydrogen (secondary N) is 2. The highest BCUT2D eigenvalue weighted by atomic mass is 16.1. The molecule has 0 fully saturated rings. The SMILES string of the molecule is CCc1ccccc1Nc1ccc(C(=O)NCc2ccccc2C)nn1. The van der Waals surface area contributed by atoms with Crippen LogP contribution in [-0.4, -0.2) is 16.1 Å². The Labute approximate surface area is 153 Å². The van der Waals surface area contributed by atoms with Gasteiger partial charge in [0.05, 0.1) is 0 Å². The van der Waals surface area contributed by atoms with Gasteiger partial charge in [-0.05, 0) is 48.2 Å². The summed E-state index contributed by atoms with van der Waals surface area (Å²) in [4.78, 5) is 12.3. The molecule has 5 heteroatoms. The zero-order valence-corrected chi connectivity index (χ0v) is 15.0. The molecule has 3 aromatic rings. The van der Waals surface area contributed by atoms with Gasteiger partial charge in [-0.15, -0.1) is 10.2 Å². The van der Waals surface area contributed by atoms with Gasteiger partial charge in [0.1, 0.15) is 0 Å². The Morgan fingerprint density at radius 1 is 0.923 bits per heavy atom. The van der Waals surface area contributed by atoms with E-state index in [1.54, 1.807) is 12.1 Å². The molecule has 0 aliphatic carbocycles. The zero-order chi connectivity index (χ0) is 18.4. The minimum Gasteiger partial charge on any atom is -0.347 e. The summed E-state index contributed by atoms with van der Waals surface area (Å²) < 4.78 is 0. The Balaban J connectivity index is 1.63. The van der Waals surface area contributed by atoms with Gasteiger partial charge in [-0.2, -0.15) is 0 Å². The van der Waals surface area contributed by atoms with E-state index in [2.05, 4.69) is 33.8 Å². The molecule has 5 nitrogen and oxygen atoms in total. The molecule has 0 unspecified atom stereocenters. The summed E-state index contributed by atoms with van der Waals surface area (Å²) in [6.45, 7) is 4.60. The number of nitrogens with zero attached hydrogens (tertiary/aromatic N) is 2. The van der Waals surface area contributed by atoms with Crippen molar-refractivity contribution in [3.8, 4) is 0 Å². The minimum atomic E-state index is -0.235. The lowest BCUT2D eigenvalue weighted by Crippen LogP contribution is -2.24. The molecule has 0 radical (unpaired) electrons. The van der Waals surface area contributed by atoms with Gasteiger partial charge in [-0.3, -0.25) is 4.79 Å². The van der Waals surface area contributed by atoms with E-state index in [0.717, 1.165) is 23.2 Å². The minimum absolute atomic E-state index is 0.235. The van der Waals surface area contributed by atoms with Crippen LogP contribution in [0.15, 0.2) is 60.7 Å². The molecule has 0 saturated heterocycles. The smallest absolute Gasteiger partial charge is 0.272 e. The lowest BCUT2D eigenvalue weighted by molar-refractivity contribution is 0.0945. The Hall–Kier alpha value is -3.21. The lowest BCUT2D eigenvalue weighted by Gasteiger charge is -2.10. The Morgan fingerprint density at radius 3 is 2.35 bits per heavy atom. The summed E-state index contributed by atoms with van der Waals surface area (Å²) in [7, 11) is 0. The van der Waals surface area contributed by atoms with E-state index < -0.39 is 0 Å². The number of para-hydroxylation sites is 1. The van der Waals surface area contributed by atoms with Crippen molar-refractivity contribution in [3.05, 3.63) is 83.0 Å². The molecule has 26 heavy (non-hydrogen) atoms. The fourth-order valence-corrected chi connectivity index (χ4v) is 2.68. The van der Waals surface area contributed by atoms with Crippen LogP contribution in [0.5, 0.6) is 0 Å². The number of amides is 1. The molecular formula is C21H22N4O. The van der Waals surface area contributed by atoms with Gasteiger partial charge < -0.3 is 10.6 Å². The summed E-state index contributed by atoms with van der Waals surface area (Å²) in [5, 5.41) is 14.3. The molecule has 0 bridgehead atoms. The van der Waals surface area contributed by atoms with E-state index in [-0.39, 0.29) is 5.91 Å². The monoisotopic (exact) mass is 346 g/mol. The van der Waals surface area contributed by atoms with E-state index >= 15 is 0 Å². The van der Waals surface area contributed by atoms with Gasteiger partial charge in [0.25, 0.3) is 5.91 Å². The molecular weight excluding hydrogens is 324 g/mol. The Kier molecular flexibility index (Phi) is 5.59. The number of hydrogen-bond donors (Lipinski definition) is 2. The highest BCUT2D eigenvalue weighted by molar-refractivity contribution is 5.92. The first kappa shape index (κ1) is 17.6. The summed E-state index contributed by atoms with van der Waals surface area (Å²) in [6, 6.07) is 19.5. The number of anilines is 2. The fourth-order valence-electron chi connectivity index (χ4n) is 2.68. The molecule has 1 heterocycles. The molecule has 0 atom stereocenters. The van der Waals surface area contributed by atoms with Crippen molar-refractivity contribution >= 4 is 17.4 Å². The van der Waals surface area contributed by atoms with Crippen LogP contribution in [0, 0.1) is 6.92 Å². The standard InChI is InChI=1S/C21H22N4O/c1-3-16-9-6-7-11-18(16)23-20-13-12-19(24-25-20)21(26)22-14-17-10-5-4-8-15(17)2/h4-13H,3,14H2,1-2H3,(H,22,26)(H,23,25). The third-order valence-electron chi connectivity index (χ3n) is 4.26. The van der Waals surface area contributed by atoms with E-state index in [1.807, 2.05) is 49.4 Å². The third kappa shape index (κ3) is 4.25. The van der Waals surface area contributed by atoms with Gasteiger partial charge in [-0.25, -0.2) is 0 Å². The Bertz CT molecular complexity index is 891. The first-order valence-electron chi connectivity index (χ1n) is 8.68. The molecule has 3 rings (SSSR count). The predicted molar refractivity (Wildman–Crippen MR) is 103 cm³/mol. The molecule has 132 valence electrons. The molecule has 1 aromatic heterocycles. The number of carbonyl (C=O) groups excluding carboxylic acids is 1. The number of carbonyl (C=O) groups is 1. The van der Waals surface area contributed by atoms with Crippen molar-refractivity contribution in [3.63, 3.8) is 0 Å². The number of rotatable bonds is 6. The van der Waals surface area contributed by atoms with E-state index in [0.29, 0.717) is 18.1 Å². The second-order valence-corrected chi connectivity index (χ2v) is 6.05. The maximum absolute atomic E-state index is 12.3. The van der Waals surface area contributed by atoms with Gasteiger partial charge in [-0.1, -0.05) is 49.4 Å². The number of aryl methyl sites for hydroxylation is 2. The molecule has 2 aromatic carbocycles. The van der Waals surface area contributed by atoms with Crippen LogP contribution < -0.4 is 10.6 Å². The number of hydrogen-bond acceptors (Lipinski definition) is 4. The second kappa shape index (κ2) is 8.25. The lowest BCUT2D eigenvalue weighted by atomic mass is 10.1. The average Bonchev–Trinajstić information content (AvgIpc) is 2.68. The molecule has 0 spiro atoms. The molecule has 2 N–H and O–H groups in total. The van der Waals surface area contributed by atoms with Crippen LogP contribution in [0.3, 0.4) is 0 Å². The van der Waals surface area contributed by atoms with Crippen LogP contribution in [-0.2, 0) is 13.0 Å². The largest absolute Gasteiger partial charge is 0.347 e. The van der Waals surface area contributed by atoms with Crippen molar-refractivity contribution < 1.29 is 4.79 Å². The van der Waals surface area contributed by atoms with Crippen molar-refractivity contribution in [2.24, 2.45) is 0 Å². The molecule has 0 saturated carbocycles. The normalized spacial score (nSPS) is 10.4. The van der Waals surface area contributed by atoms with E-state index in [9.17, 15) is 4.79 Å². The summed E-state index contributed by atoms with van der Waals surface area (Å²) in [5.41, 5.74) is 4.74. The van der Waals surface area contributed by atoms with Crippen LogP contribution in [0.4, 0.5) is 11.5 Å². The van der Waals surface area contributed by atoms with Crippen LogP contribution in [0.25, 0.3) is 0 Å². The van der Waals surface area contributed by atoms with Crippen molar-refractivity contribution in [1.29, 1.82) is 0 Å². The second-order valence-electron chi connectivity index (χ2n) is 6.05. The third-order valence-corrected chi connectivity index (χ3v) is 4.26. The molecule has 0 aliphatic rings. The summed E-state index contributed by atoms with van der Waals surface area (Å²) in [5.74, 6) is 0.377. The van der Waals surface area contributed by atoms with Gasteiger partial charge in [0, 0.05) is 12.2 Å². The maximum atomic E-state index is 12.3.